The Bertz CT molecular complexity index is 6470. The maximum Gasteiger partial charge on any atom is 0.492 e. The van der Waals surface area contributed by atoms with Crippen molar-refractivity contribution in [2.24, 2.45) is 0 Å². The monoisotopic (exact) mass is 1950 g/mol. The van der Waals surface area contributed by atoms with Crippen LogP contribution in [-0.2, 0) is 106 Å². The zero-order chi connectivity index (χ0) is 103. The van der Waals surface area contributed by atoms with Crippen molar-refractivity contribution in [3.8, 4) is 0 Å². The van der Waals surface area contributed by atoms with Gasteiger partial charge >= 0.3 is 48.9 Å². The highest BCUT2D eigenvalue weighted by Gasteiger charge is 2.47. The highest BCUT2D eigenvalue weighted by Crippen LogP contribution is 2.39. The number of aromatic nitrogens is 2. The number of halogens is 7. The largest absolute Gasteiger partial charge is 0.492 e. The number of hydrogen-bond donors (Lipinski definition) is 6. The van der Waals surface area contributed by atoms with E-state index < -0.39 is 105 Å². The fraction of sp³-hybridized carbons (Fsp3) is 0.296. The van der Waals surface area contributed by atoms with Gasteiger partial charge in [0.2, 0.25) is 0 Å². The van der Waals surface area contributed by atoms with Crippen molar-refractivity contribution in [3.05, 3.63) is 373 Å². The average molecular weight is 1950 g/mol. The number of fused-ring (bicyclic) bond motifs is 6. The molecule has 0 fully saturated rings. The lowest BCUT2D eigenvalue weighted by molar-refractivity contribution is -0.138. The van der Waals surface area contributed by atoms with Gasteiger partial charge in [0.15, 0.2) is 34.7 Å². The molecule has 0 atom stereocenters. The maximum absolute atomic E-state index is 13.9. The molecule has 0 saturated heterocycles. The Morgan fingerprint density at radius 2 is 0.610 bits per heavy atom. The third-order valence-electron chi connectivity index (χ3n) is 26.0. The summed E-state index contributed by atoms with van der Waals surface area (Å²) in [4.78, 5) is 82.6. The normalized spacial score (nSPS) is 15.7. The van der Waals surface area contributed by atoms with Gasteiger partial charge in [-0.1, -0.05) is 169 Å². The molecule has 0 radical (unpaired) electrons. The van der Waals surface area contributed by atoms with Gasteiger partial charge in [0, 0.05) is 95.1 Å². The van der Waals surface area contributed by atoms with Crippen LogP contribution < -0.4 is 32.8 Å². The van der Waals surface area contributed by atoms with Crippen molar-refractivity contribution < 1.29 is 109 Å². The Hall–Kier alpha value is -11.3. The van der Waals surface area contributed by atoms with E-state index in [1.54, 1.807) is 107 Å². The first kappa shape index (κ1) is 107. The predicted molar refractivity (Wildman–Crippen MR) is 540 cm³/mol. The number of carbonyl (C=O) groups excluding carboxylic acids is 6. The molecule has 20 nitrogen and oxygen atoms in total. The van der Waals surface area contributed by atoms with E-state index in [-0.39, 0.29) is 84.5 Å². The highest BCUT2D eigenvalue weighted by atomic mass is 35.5. The molecule has 6 aliphatic rings. The molecule has 141 heavy (non-hydrogen) atoms. The summed E-state index contributed by atoms with van der Waals surface area (Å²) in [5.41, 5.74) is 17.0. The van der Waals surface area contributed by atoms with E-state index in [2.05, 4.69) is 9.97 Å². The van der Waals surface area contributed by atoms with Gasteiger partial charge in [-0.15, -0.1) is 0 Å². The molecule has 6 N–H and O–H groups in total. The molecule has 10 aromatic carbocycles. The fourth-order valence-corrected chi connectivity index (χ4v) is 18.5. The first-order chi connectivity index (χ1) is 65.9. The van der Waals surface area contributed by atoms with E-state index in [4.69, 9.17) is 51.1 Å². The molecule has 0 amide bonds. The topological polar surface area (TPSA) is 305 Å². The van der Waals surface area contributed by atoms with Crippen LogP contribution in [0.1, 0.15) is 257 Å². The lowest BCUT2D eigenvalue weighted by Gasteiger charge is -2.19. The van der Waals surface area contributed by atoms with Crippen LogP contribution in [0.4, 0.5) is 22.0 Å². The molecular formula is C108H109B6Cl2F5N2O18. The van der Waals surface area contributed by atoms with Gasteiger partial charge in [-0.05, 0) is 307 Å². The third kappa shape index (κ3) is 24.8. The van der Waals surface area contributed by atoms with E-state index in [9.17, 15) is 80.9 Å². The molecule has 18 rings (SSSR count). The van der Waals surface area contributed by atoms with E-state index >= 15 is 0 Å². The summed E-state index contributed by atoms with van der Waals surface area (Å²) >= 11 is 12.3. The van der Waals surface area contributed by atoms with Crippen LogP contribution in [0.3, 0.4) is 0 Å². The molecule has 33 heteroatoms. The summed E-state index contributed by atoms with van der Waals surface area (Å²) in [5, 5.41) is 61.2. The van der Waals surface area contributed by atoms with Crippen molar-refractivity contribution in [2.75, 3.05) is 0 Å². The Labute approximate surface area is 830 Å². The number of pyridine rings is 2. The number of aryl methyl sites for hydroxylation is 7. The smallest absolute Gasteiger partial charge is 0.423 e. The van der Waals surface area contributed by atoms with Gasteiger partial charge in [0.1, 0.15) is 11.6 Å². The van der Waals surface area contributed by atoms with Gasteiger partial charge in [-0.2, -0.15) is 13.2 Å². The van der Waals surface area contributed by atoms with E-state index in [1.807, 2.05) is 194 Å². The van der Waals surface area contributed by atoms with Gasteiger partial charge in [0.25, 0.3) is 0 Å². The summed E-state index contributed by atoms with van der Waals surface area (Å²) in [5.74, 6) is -2.02. The van der Waals surface area contributed by atoms with Crippen LogP contribution in [0.15, 0.2) is 207 Å². The number of carbonyl (C=O) groups is 6. The quantitative estimate of drug-likeness (QED) is 0.0264. The summed E-state index contributed by atoms with van der Waals surface area (Å²) < 4.78 is 100. The van der Waals surface area contributed by atoms with Gasteiger partial charge in [-0.3, -0.25) is 38.7 Å². The molecule has 8 heterocycles. The van der Waals surface area contributed by atoms with Crippen molar-refractivity contribution in [1.82, 2.24) is 9.97 Å². The van der Waals surface area contributed by atoms with Gasteiger partial charge in [0.05, 0.1) is 49.8 Å². The fourth-order valence-electron chi connectivity index (χ4n) is 18.0. The Kier molecular flexibility index (Phi) is 32.1. The Balaban J connectivity index is 0.000000142. The molecule has 0 aliphatic carbocycles. The zero-order valence-electron chi connectivity index (χ0n) is 82.0. The maximum atomic E-state index is 13.9. The summed E-state index contributed by atoms with van der Waals surface area (Å²) in [7, 11) is -5.92. The van der Waals surface area contributed by atoms with Crippen LogP contribution >= 0.6 is 23.2 Å². The molecular weight excluding hydrogens is 1840 g/mol. The zero-order valence-corrected chi connectivity index (χ0v) is 83.5. The molecule has 12 aromatic rings. The number of Topliss-reactive ketones (excluding diaryl/α,β-unsaturated/α-hetero) is 6. The van der Waals surface area contributed by atoms with Crippen molar-refractivity contribution in [2.45, 2.75) is 210 Å². The van der Waals surface area contributed by atoms with E-state index in [0.29, 0.717) is 59.8 Å². The number of ketones is 6. The molecule has 726 valence electrons. The molecule has 0 bridgehead atoms. The predicted octanol–water partition coefficient (Wildman–Crippen LogP) is 15.9. The minimum atomic E-state index is -4.63. The molecule has 2 aromatic heterocycles. The minimum Gasteiger partial charge on any atom is -0.423 e. The number of hydrogen-bond acceptors (Lipinski definition) is 20. The summed E-state index contributed by atoms with van der Waals surface area (Å²) in [6.45, 7) is 35.3. The van der Waals surface area contributed by atoms with Crippen LogP contribution in [0.5, 0.6) is 0 Å². The number of alkyl halides is 3. The van der Waals surface area contributed by atoms with E-state index in [1.165, 1.54) is 25.1 Å². The number of rotatable bonds is 18. The first-order valence-corrected chi connectivity index (χ1v) is 46.8. The second-order valence-corrected chi connectivity index (χ2v) is 40.2. The van der Waals surface area contributed by atoms with Crippen LogP contribution in [-0.4, -0.2) is 118 Å². The van der Waals surface area contributed by atoms with Gasteiger partial charge in [-0.25, -0.2) is 8.78 Å². The third-order valence-corrected chi connectivity index (χ3v) is 26.7. The van der Waals surface area contributed by atoms with E-state index in [0.717, 1.165) is 118 Å². The molecule has 6 aliphatic heterocycles. The number of benzene rings is 10. The Morgan fingerprint density at radius 3 is 0.929 bits per heavy atom. The van der Waals surface area contributed by atoms with Crippen LogP contribution in [0.25, 0.3) is 0 Å². The van der Waals surface area contributed by atoms with Crippen molar-refractivity contribution >= 4 is 133 Å². The van der Waals surface area contributed by atoms with Crippen LogP contribution in [0.2, 0.25) is 10.0 Å². The standard InChI is InChI=1S/2C18H18BClO3.C18H17BF3NO3.2C18H18BFO3.C18H20BNO3/c1-11-4-6-13(10-16(11)20)17(21)9-12-5-7-14-15(8-12)19(22)23-18(14,2)3;1-11-4-6-13(16(20)8-11)17(21)10-12-5-7-14-15(9-12)19(22)23-18(14,2)3;1-10-6-14(18(20,21)22)12(9-23-10)16(24)8-11-4-5-13-15(7-11)19(25)26-17(13,2)3;1-11-4-6-13(10-16(11)20)17(21)9-12-5-7-14-15(8-12)19(22)23-18(14,2)3;1-11-4-6-13(16(20)8-11)17(21)10-12-5-7-14-15(9-12)19(22)23-18(14,2)3;1-11-7-14(10-20-12(11)2)17(21)9-13-5-6-15-16(8-13)19(22)23-18(15,3)4/h4-8,10,22H,9H2,1-3H3;4-9,22H,10H2,1-3H3;4-7,9,25H,8H2,1-3H3;4-8,10,22H,9H2,1-3H3;4-9,22H,10H2,1-3H3;5-8,10,22H,9H2,1-4H3. The first-order valence-electron chi connectivity index (χ1n) is 46.0. The van der Waals surface area contributed by atoms with Crippen LogP contribution in [0, 0.1) is 60.1 Å². The second kappa shape index (κ2) is 42.3. The highest BCUT2D eigenvalue weighted by molar-refractivity contribution is 6.64. The number of nitrogens with zero attached hydrogens (tertiary/aromatic N) is 2. The lowest BCUT2D eigenvalue weighted by atomic mass is 9.77. The average Bonchev–Trinajstić information content (AvgIpc) is 1.55. The van der Waals surface area contributed by atoms with Gasteiger partial charge < -0.3 is 58.1 Å². The van der Waals surface area contributed by atoms with Crippen molar-refractivity contribution in [3.63, 3.8) is 0 Å². The molecule has 0 saturated carbocycles. The Morgan fingerprint density at radius 1 is 0.305 bits per heavy atom. The molecule has 0 spiro atoms. The lowest BCUT2D eigenvalue weighted by Crippen LogP contribution is -2.29. The summed E-state index contributed by atoms with van der Waals surface area (Å²) in [6, 6.07) is 55.6. The minimum absolute atomic E-state index is 0.000449. The second-order valence-electron chi connectivity index (χ2n) is 39.4. The molecule has 0 unspecified atom stereocenters. The SMILES string of the molecule is Cc1cc(C(=O)Cc2ccc3c(c2)B(O)OC3(C)C)cnc1C.Cc1cc(C(F)(F)F)c(C(=O)Cc2ccc3c(c2)B(O)OC3(C)C)cn1.Cc1ccc(C(=O)Cc2ccc3c(c2)B(O)OC3(C)C)c(Cl)c1.Cc1ccc(C(=O)Cc2ccc3c(c2)B(O)OC3(C)C)c(F)c1.Cc1ccc(C(=O)Cc2ccc3c(c2)B(O)OC3(C)C)cc1Cl.Cc1ccc(C(=O)Cc2ccc3c(c2)B(O)OC3(C)C)cc1F. The summed E-state index contributed by atoms with van der Waals surface area (Å²) in [6.07, 6.45) is -1.25. The van der Waals surface area contributed by atoms with Crippen molar-refractivity contribution in [1.29, 1.82) is 0 Å².